The fraction of sp³-hybridized carbons (Fsp3) is 0.391. The summed E-state index contributed by atoms with van der Waals surface area (Å²) in [5.41, 5.74) is 2.62. The molecular weight excluding hydrogens is 386 g/mol. The van der Waals surface area contributed by atoms with E-state index in [9.17, 15) is 9.59 Å². The van der Waals surface area contributed by atoms with Crippen molar-refractivity contribution in [3.63, 3.8) is 0 Å². The average molecular weight is 416 g/mol. The van der Waals surface area contributed by atoms with E-state index in [4.69, 9.17) is 11.6 Å². The van der Waals surface area contributed by atoms with Gasteiger partial charge in [0.2, 0.25) is 11.8 Å². The zero-order chi connectivity index (χ0) is 21.2. The summed E-state index contributed by atoms with van der Waals surface area (Å²) in [7, 11) is 0. The Morgan fingerprint density at radius 1 is 1.03 bits per heavy atom. The topological polar surface area (TPSA) is 61.4 Å². The van der Waals surface area contributed by atoms with Crippen molar-refractivity contribution in [3.8, 4) is 0 Å². The number of hydrogen-bond donors (Lipinski definition) is 2. The second-order valence-electron chi connectivity index (χ2n) is 6.94. The van der Waals surface area contributed by atoms with Gasteiger partial charge in [-0.1, -0.05) is 41.9 Å². The molecule has 0 saturated carbocycles. The molecule has 0 aromatic heterocycles. The molecule has 0 fully saturated rings. The number of carbonyl (C=O) groups excluding carboxylic acids is 2. The van der Waals surface area contributed by atoms with Crippen LogP contribution >= 0.6 is 11.6 Å². The third kappa shape index (κ3) is 7.09. The van der Waals surface area contributed by atoms with Crippen LogP contribution in [-0.2, 0) is 9.59 Å². The number of hydrogen-bond acceptors (Lipinski definition) is 3. The molecule has 5 nitrogen and oxygen atoms in total. The summed E-state index contributed by atoms with van der Waals surface area (Å²) in [5.74, 6) is -0.0272. The molecule has 2 rings (SSSR count). The molecule has 0 radical (unpaired) electrons. The van der Waals surface area contributed by atoms with E-state index in [2.05, 4.69) is 29.7 Å². The number of halogens is 1. The van der Waals surface area contributed by atoms with Crippen molar-refractivity contribution in [2.45, 2.75) is 46.1 Å². The van der Waals surface area contributed by atoms with Crippen LogP contribution in [0.4, 0.5) is 11.4 Å². The summed E-state index contributed by atoms with van der Waals surface area (Å²) in [4.78, 5) is 25.9. The molecule has 2 N–H and O–H groups in total. The molecule has 0 bridgehead atoms. The fourth-order valence-corrected chi connectivity index (χ4v) is 3.36. The first kappa shape index (κ1) is 22.8. The van der Waals surface area contributed by atoms with Crippen LogP contribution in [0.3, 0.4) is 0 Å². The third-order valence-electron chi connectivity index (χ3n) is 4.84. The molecule has 0 aliphatic heterocycles. The van der Waals surface area contributed by atoms with Crippen LogP contribution in [0.25, 0.3) is 0 Å². The molecule has 0 spiro atoms. The molecule has 1 atom stereocenters. The van der Waals surface area contributed by atoms with Crippen LogP contribution in [0.15, 0.2) is 48.5 Å². The highest BCUT2D eigenvalue weighted by Gasteiger charge is 2.12. The molecule has 2 aromatic carbocycles. The van der Waals surface area contributed by atoms with Crippen molar-refractivity contribution in [1.82, 2.24) is 4.90 Å². The van der Waals surface area contributed by atoms with Crippen molar-refractivity contribution in [3.05, 3.63) is 59.1 Å². The van der Waals surface area contributed by atoms with E-state index in [1.54, 1.807) is 11.0 Å². The summed E-state index contributed by atoms with van der Waals surface area (Å²) in [5, 5.41) is 6.78. The molecule has 0 aliphatic carbocycles. The van der Waals surface area contributed by atoms with Gasteiger partial charge in [-0.3, -0.25) is 9.59 Å². The number of rotatable bonds is 10. The minimum absolute atomic E-state index is 0.0915. The van der Waals surface area contributed by atoms with E-state index in [1.807, 2.05) is 44.2 Å². The molecule has 0 aliphatic rings. The van der Waals surface area contributed by atoms with Crippen LogP contribution < -0.4 is 10.6 Å². The molecule has 2 amide bonds. The summed E-state index contributed by atoms with van der Waals surface area (Å²) in [6.45, 7) is 7.38. The highest BCUT2D eigenvalue weighted by Crippen LogP contribution is 2.29. The molecular formula is C23H30ClN3O2. The third-order valence-corrected chi connectivity index (χ3v) is 5.15. The van der Waals surface area contributed by atoms with Crippen LogP contribution in [0.2, 0.25) is 5.02 Å². The fourth-order valence-electron chi connectivity index (χ4n) is 3.13. The Morgan fingerprint density at radius 3 is 2.34 bits per heavy atom. The predicted molar refractivity (Wildman–Crippen MR) is 120 cm³/mol. The van der Waals surface area contributed by atoms with E-state index in [1.165, 1.54) is 5.56 Å². The first-order valence-corrected chi connectivity index (χ1v) is 10.5. The van der Waals surface area contributed by atoms with Gasteiger partial charge in [0, 0.05) is 37.7 Å². The monoisotopic (exact) mass is 415 g/mol. The minimum atomic E-state index is -0.119. The lowest BCUT2D eigenvalue weighted by Gasteiger charge is -2.18. The van der Waals surface area contributed by atoms with Gasteiger partial charge in [0.25, 0.3) is 0 Å². The highest BCUT2D eigenvalue weighted by atomic mass is 35.5. The first-order chi connectivity index (χ1) is 13.9. The summed E-state index contributed by atoms with van der Waals surface area (Å²) in [6, 6.07) is 15.6. The van der Waals surface area contributed by atoms with Gasteiger partial charge in [-0.05, 0) is 51.0 Å². The molecule has 29 heavy (non-hydrogen) atoms. The van der Waals surface area contributed by atoms with E-state index in [0.717, 1.165) is 5.69 Å². The Balaban J connectivity index is 1.85. The lowest BCUT2D eigenvalue weighted by molar-refractivity contribution is -0.130. The Kier molecular flexibility index (Phi) is 9.00. The van der Waals surface area contributed by atoms with E-state index >= 15 is 0 Å². The number of anilines is 2. The lowest BCUT2D eigenvalue weighted by Crippen LogP contribution is -2.30. The van der Waals surface area contributed by atoms with E-state index < -0.39 is 0 Å². The molecule has 6 heteroatoms. The number of amides is 2. The van der Waals surface area contributed by atoms with Crippen LogP contribution in [0.5, 0.6) is 0 Å². The van der Waals surface area contributed by atoms with Gasteiger partial charge in [-0.15, -0.1) is 0 Å². The van der Waals surface area contributed by atoms with Crippen molar-refractivity contribution in [2.24, 2.45) is 0 Å². The van der Waals surface area contributed by atoms with Crippen molar-refractivity contribution >= 4 is 34.8 Å². The smallest absolute Gasteiger partial charge is 0.224 e. The second kappa shape index (κ2) is 11.5. The minimum Gasteiger partial charge on any atom is -0.377 e. The zero-order valence-corrected chi connectivity index (χ0v) is 18.1. The molecule has 156 valence electrons. The molecule has 1 unspecified atom stereocenters. The summed E-state index contributed by atoms with van der Waals surface area (Å²) < 4.78 is 0. The quantitative estimate of drug-likeness (QED) is 0.539. The van der Waals surface area contributed by atoms with Gasteiger partial charge in [-0.25, -0.2) is 0 Å². The lowest BCUT2D eigenvalue weighted by atomic mass is 10.1. The Morgan fingerprint density at radius 2 is 1.72 bits per heavy atom. The maximum Gasteiger partial charge on any atom is 0.224 e. The number of nitrogens with one attached hydrogen (secondary N) is 2. The number of benzene rings is 2. The van der Waals surface area contributed by atoms with Gasteiger partial charge >= 0.3 is 0 Å². The largest absolute Gasteiger partial charge is 0.377 e. The van der Waals surface area contributed by atoms with Gasteiger partial charge in [0.1, 0.15) is 0 Å². The van der Waals surface area contributed by atoms with Gasteiger partial charge in [0.15, 0.2) is 0 Å². The normalized spacial score (nSPS) is 11.6. The van der Waals surface area contributed by atoms with Gasteiger partial charge < -0.3 is 15.5 Å². The zero-order valence-electron chi connectivity index (χ0n) is 17.4. The number of carbonyl (C=O) groups is 2. The first-order valence-electron chi connectivity index (χ1n) is 10.1. The Labute approximate surface area is 178 Å². The maximum atomic E-state index is 12.2. The Hall–Kier alpha value is -2.53. The Bertz CT molecular complexity index is 807. The van der Waals surface area contributed by atoms with Crippen LogP contribution in [0.1, 0.15) is 51.6 Å². The molecule has 0 saturated heterocycles. The van der Waals surface area contributed by atoms with Crippen molar-refractivity contribution < 1.29 is 9.59 Å². The maximum absolute atomic E-state index is 12.2. The second-order valence-corrected chi connectivity index (χ2v) is 7.35. The van der Waals surface area contributed by atoms with Gasteiger partial charge in [0.05, 0.1) is 10.7 Å². The molecule has 0 heterocycles. The highest BCUT2D eigenvalue weighted by molar-refractivity contribution is 6.33. The standard InChI is InChI=1S/C23H30ClN3O2/c1-4-27(5-2)23(29)13-9-12-22(28)26-19-14-15-21(20(24)16-19)25-17(3)18-10-7-6-8-11-18/h6-8,10-11,14-17,25H,4-5,9,12-13H2,1-3H3,(H,26,28). The van der Waals surface area contributed by atoms with E-state index in [0.29, 0.717) is 43.1 Å². The molecule has 2 aromatic rings. The van der Waals surface area contributed by atoms with Crippen molar-refractivity contribution in [1.29, 1.82) is 0 Å². The summed E-state index contributed by atoms with van der Waals surface area (Å²) in [6.07, 6.45) is 1.22. The number of nitrogens with zero attached hydrogens (tertiary/aromatic N) is 1. The summed E-state index contributed by atoms with van der Waals surface area (Å²) >= 11 is 6.39. The van der Waals surface area contributed by atoms with Gasteiger partial charge in [-0.2, -0.15) is 0 Å². The average Bonchev–Trinajstić information content (AvgIpc) is 2.71. The predicted octanol–water partition coefficient (Wildman–Crippen LogP) is 5.49. The van der Waals surface area contributed by atoms with Crippen LogP contribution in [-0.4, -0.2) is 29.8 Å². The van der Waals surface area contributed by atoms with Crippen LogP contribution in [0, 0.1) is 0 Å². The van der Waals surface area contributed by atoms with Crippen molar-refractivity contribution in [2.75, 3.05) is 23.7 Å². The van der Waals surface area contributed by atoms with E-state index in [-0.39, 0.29) is 17.9 Å². The SMILES string of the molecule is CCN(CC)C(=O)CCCC(=O)Nc1ccc(NC(C)c2ccccc2)c(Cl)c1.